The molecule has 22 heavy (non-hydrogen) atoms. The average molecular weight is 299 g/mol. The molecule has 1 atom stereocenters. The summed E-state index contributed by atoms with van der Waals surface area (Å²) in [6.07, 6.45) is 0. The second-order valence-electron chi connectivity index (χ2n) is 5.37. The minimum Gasteiger partial charge on any atom is -0.489 e. The summed E-state index contributed by atoms with van der Waals surface area (Å²) in [5.41, 5.74) is 3.33. The minimum atomic E-state index is -0.855. The maximum Gasteiger partial charge on any atom is 0.320 e. The Labute approximate surface area is 130 Å². The van der Waals surface area contributed by atoms with Crippen molar-refractivity contribution in [2.75, 3.05) is 0 Å². The molecule has 0 aliphatic heterocycles. The highest BCUT2D eigenvalue weighted by Crippen LogP contribution is 2.15. The van der Waals surface area contributed by atoms with Crippen LogP contribution in [0.4, 0.5) is 0 Å². The van der Waals surface area contributed by atoms with Crippen LogP contribution >= 0.6 is 0 Å². The number of carboxylic acid groups (broad SMARTS) is 1. The van der Waals surface area contributed by atoms with Crippen LogP contribution in [0.2, 0.25) is 0 Å². The van der Waals surface area contributed by atoms with Gasteiger partial charge in [0.2, 0.25) is 0 Å². The van der Waals surface area contributed by atoms with E-state index in [1.165, 1.54) is 5.56 Å². The second-order valence-corrected chi connectivity index (χ2v) is 5.37. The van der Waals surface area contributed by atoms with E-state index < -0.39 is 12.0 Å². The molecule has 2 aromatic rings. The maximum absolute atomic E-state index is 10.8. The Balaban J connectivity index is 1.92. The lowest BCUT2D eigenvalue weighted by Gasteiger charge is -2.11. The Kier molecular flexibility index (Phi) is 5.55. The molecule has 0 amide bonds. The monoisotopic (exact) mass is 299 g/mol. The Morgan fingerprint density at radius 2 is 1.91 bits per heavy atom. The van der Waals surface area contributed by atoms with Crippen molar-refractivity contribution in [3.05, 3.63) is 65.2 Å². The van der Waals surface area contributed by atoms with E-state index in [-0.39, 0.29) is 0 Å². The molecular formula is C18H21NO3. The normalized spacial score (nSPS) is 11.9. The van der Waals surface area contributed by atoms with Crippen molar-refractivity contribution in [1.29, 1.82) is 0 Å². The van der Waals surface area contributed by atoms with Crippen LogP contribution in [0, 0.1) is 6.92 Å². The number of rotatable bonds is 7. The SMILES string of the molecule is Cc1cccc(COc2cccc(CN[C@H](C)C(=O)O)c2)c1. The molecule has 0 aliphatic rings. The zero-order valence-corrected chi connectivity index (χ0v) is 12.9. The van der Waals surface area contributed by atoms with Crippen LogP contribution in [0.1, 0.15) is 23.6 Å². The summed E-state index contributed by atoms with van der Waals surface area (Å²) in [4.78, 5) is 10.8. The lowest BCUT2D eigenvalue weighted by Crippen LogP contribution is -2.33. The van der Waals surface area contributed by atoms with Gasteiger partial charge in [-0.3, -0.25) is 4.79 Å². The van der Waals surface area contributed by atoms with Gasteiger partial charge >= 0.3 is 5.97 Å². The Morgan fingerprint density at radius 1 is 1.18 bits per heavy atom. The molecule has 0 aromatic heterocycles. The molecular weight excluding hydrogens is 278 g/mol. The third-order valence-corrected chi connectivity index (χ3v) is 3.37. The zero-order valence-electron chi connectivity index (χ0n) is 12.9. The van der Waals surface area contributed by atoms with Gasteiger partial charge < -0.3 is 15.2 Å². The van der Waals surface area contributed by atoms with Crippen LogP contribution in [0.5, 0.6) is 5.75 Å². The number of carboxylic acids is 1. The Morgan fingerprint density at radius 3 is 2.64 bits per heavy atom. The maximum atomic E-state index is 10.8. The summed E-state index contributed by atoms with van der Waals surface area (Å²) >= 11 is 0. The molecule has 0 bridgehead atoms. The first kappa shape index (κ1) is 16.0. The molecule has 0 saturated heterocycles. The smallest absolute Gasteiger partial charge is 0.320 e. The van der Waals surface area contributed by atoms with Gasteiger partial charge in [0.25, 0.3) is 0 Å². The summed E-state index contributed by atoms with van der Waals surface area (Å²) < 4.78 is 5.80. The summed E-state index contributed by atoms with van der Waals surface area (Å²) in [5.74, 6) is -0.0735. The van der Waals surface area contributed by atoms with Gasteiger partial charge in [-0.05, 0) is 37.1 Å². The van der Waals surface area contributed by atoms with E-state index in [0.717, 1.165) is 16.9 Å². The fourth-order valence-corrected chi connectivity index (χ4v) is 2.07. The number of benzene rings is 2. The molecule has 0 heterocycles. The van der Waals surface area contributed by atoms with Crippen LogP contribution in [0.15, 0.2) is 48.5 Å². The van der Waals surface area contributed by atoms with E-state index in [1.54, 1.807) is 6.92 Å². The first-order valence-electron chi connectivity index (χ1n) is 7.28. The predicted molar refractivity (Wildman–Crippen MR) is 85.9 cm³/mol. The third-order valence-electron chi connectivity index (χ3n) is 3.37. The first-order valence-corrected chi connectivity index (χ1v) is 7.28. The Bertz CT molecular complexity index is 640. The van der Waals surface area contributed by atoms with Crippen LogP contribution in [0.25, 0.3) is 0 Å². The Hall–Kier alpha value is -2.33. The molecule has 4 nitrogen and oxygen atoms in total. The fraction of sp³-hybridized carbons (Fsp3) is 0.278. The standard InChI is InChI=1S/C18H21NO3/c1-13-5-3-7-16(9-13)12-22-17-8-4-6-15(10-17)11-19-14(2)18(20)21/h3-10,14,19H,11-12H2,1-2H3,(H,20,21)/t14-/m1/s1. The van der Waals surface area contributed by atoms with E-state index in [9.17, 15) is 4.79 Å². The van der Waals surface area contributed by atoms with Crippen molar-refractivity contribution < 1.29 is 14.6 Å². The van der Waals surface area contributed by atoms with Gasteiger partial charge in [0.1, 0.15) is 18.4 Å². The minimum absolute atomic E-state index is 0.495. The summed E-state index contributed by atoms with van der Waals surface area (Å²) in [6, 6.07) is 15.3. The van der Waals surface area contributed by atoms with E-state index in [1.807, 2.05) is 36.4 Å². The van der Waals surface area contributed by atoms with Crippen LogP contribution < -0.4 is 10.1 Å². The van der Waals surface area contributed by atoms with Crippen LogP contribution in [-0.2, 0) is 17.9 Å². The van der Waals surface area contributed by atoms with E-state index >= 15 is 0 Å². The highest BCUT2D eigenvalue weighted by atomic mass is 16.5. The lowest BCUT2D eigenvalue weighted by molar-refractivity contribution is -0.139. The third kappa shape index (κ3) is 4.90. The molecule has 2 N–H and O–H groups in total. The van der Waals surface area contributed by atoms with Crippen LogP contribution in [0.3, 0.4) is 0 Å². The summed E-state index contributed by atoms with van der Waals surface area (Å²) in [5, 5.41) is 11.8. The highest BCUT2D eigenvalue weighted by Gasteiger charge is 2.09. The molecule has 116 valence electrons. The van der Waals surface area contributed by atoms with E-state index in [4.69, 9.17) is 9.84 Å². The van der Waals surface area contributed by atoms with Crippen molar-refractivity contribution in [3.8, 4) is 5.75 Å². The fourth-order valence-electron chi connectivity index (χ4n) is 2.07. The van der Waals surface area contributed by atoms with Crippen molar-refractivity contribution in [3.63, 3.8) is 0 Å². The number of nitrogens with one attached hydrogen (secondary N) is 1. The van der Waals surface area contributed by atoms with Crippen molar-refractivity contribution in [2.24, 2.45) is 0 Å². The molecule has 0 radical (unpaired) electrons. The second kappa shape index (κ2) is 7.61. The van der Waals surface area contributed by atoms with Crippen molar-refractivity contribution in [2.45, 2.75) is 33.0 Å². The molecule has 0 saturated carbocycles. The van der Waals surface area contributed by atoms with E-state index in [0.29, 0.717) is 13.2 Å². The molecule has 0 unspecified atom stereocenters. The number of aryl methyl sites for hydroxylation is 1. The van der Waals surface area contributed by atoms with E-state index in [2.05, 4.69) is 24.4 Å². The molecule has 4 heteroatoms. The molecule has 0 aliphatic carbocycles. The number of hydrogen-bond donors (Lipinski definition) is 2. The molecule has 0 spiro atoms. The number of ether oxygens (including phenoxy) is 1. The lowest BCUT2D eigenvalue weighted by atomic mass is 10.1. The molecule has 2 rings (SSSR count). The first-order chi connectivity index (χ1) is 10.5. The molecule has 2 aromatic carbocycles. The van der Waals surface area contributed by atoms with Crippen LogP contribution in [-0.4, -0.2) is 17.1 Å². The summed E-state index contributed by atoms with van der Waals surface area (Å²) in [6.45, 7) is 4.69. The van der Waals surface area contributed by atoms with Crippen molar-refractivity contribution in [1.82, 2.24) is 5.32 Å². The number of hydrogen-bond acceptors (Lipinski definition) is 3. The predicted octanol–water partition coefficient (Wildman–Crippen LogP) is 3.14. The van der Waals surface area contributed by atoms with Gasteiger partial charge in [0.15, 0.2) is 0 Å². The van der Waals surface area contributed by atoms with Gasteiger partial charge in [0, 0.05) is 6.54 Å². The van der Waals surface area contributed by atoms with Crippen molar-refractivity contribution >= 4 is 5.97 Å². The van der Waals surface area contributed by atoms with Gasteiger partial charge in [-0.2, -0.15) is 0 Å². The van der Waals surface area contributed by atoms with Gasteiger partial charge in [-0.15, -0.1) is 0 Å². The van der Waals surface area contributed by atoms with Gasteiger partial charge in [0.05, 0.1) is 0 Å². The van der Waals surface area contributed by atoms with Gasteiger partial charge in [-0.25, -0.2) is 0 Å². The quantitative estimate of drug-likeness (QED) is 0.824. The topological polar surface area (TPSA) is 58.6 Å². The number of aliphatic carboxylic acids is 1. The zero-order chi connectivity index (χ0) is 15.9. The molecule has 0 fully saturated rings. The highest BCUT2D eigenvalue weighted by molar-refractivity contribution is 5.72. The number of carbonyl (C=O) groups is 1. The largest absolute Gasteiger partial charge is 0.489 e. The average Bonchev–Trinajstić information content (AvgIpc) is 2.51. The summed E-state index contributed by atoms with van der Waals surface area (Å²) in [7, 11) is 0. The van der Waals surface area contributed by atoms with Gasteiger partial charge in [-0.1, -0.05) is 42.0 Å².